The number of phenolic OH excluding ortho intramolecular Hbond substituents is 2. The zero-order valence-electron chi connectivity index (χ0n) is 19.8. The third-order valence-electron chi connectivity index (χ3n) is 9.09. The molecule has 2 fully saturated rings. The molecule has 2 N–H and O–H groups in total. The van der Waals surface area contributed by atoms with E-state index in [1.807, 2.05) is 6.07 Å². The molecule has 0 spiro atoms. The van der Waals surface area contributed by atoms with Crippen molar-refractivity contribution in [3.63, 3.8) is 0 Å². The summed E-state index contributed by atoms with van der Waals surface area (Å²) in [6, 6.07) is 6.19. The van der Waals surface area contributed by atoms with Crippen LogP contribution in [-0.4, -0.2) is 41.3 Å². The molecule has 6 nitrogen and oxygen atoms in total. The summed E-state index contributed by atoms with van der Waals surface area (Å²) in [6.07, 6.45) is 3.56. The van der Waals surface area contributed by atoms with E-state index in [0.29, 0.717) is 30.8 Å². The number of hydrogen-bond donors (Lipinski definition) is 2. The molecule has 3 aliphatic carbocycles. The van der Waals surface area contributed by atoms with Gasteiger partial charge in [-0.05, 0) is 65.3 Å². The Morgan fingerprint density at radius 1 is 0.853 bits per heavy atom. The highest BCUT2D eigenvalue weighted by molar-refractivity contribution is 6.30. The van der Waals surface area contributed by atoms with Crippen molar-refractivity contribution in [2.24, 2.45) is 16.7 Å². The van der Waals surface area contributed by atoms with Crippen LogP contribution in [0.25, 0.3) is 0 Å². The number of fused-ring (bicyclic) bond motifs is 5. The van der Waals surface area contributed by atoms with Gasteiger partial charge in [0.15, 0.2) is 17.9 Å². The number of phenols is 2. The van der Waals surface area contributed by atoms with Gasteiger partial charge in [0, 0.05) is 17.0 Å². The lowest BCUT2D eigenvalue weighted by Crippen LogP contribution is -2.52. The highest BCUT2D eigenvalue weighted by Crippen LogP contribution is 2.63. The minimum atomic E-state index is -0.429. The molecule has 3 atom stereocenters. The first-order valence-corrected chi connectivity index (χ1v) is 12.2. The predicted molar refractivity (Wildman–Crippen MR) is 124 cm³/mol. The number of carbonyl (C=O) groups excluding carboxylic acids is 2. The largest absolute Gasteiger partial charge is 0.507 e. The highest BCUT2D eigenvalue weighted by Gasteiger charge is 2.57. The molecule has 34 heavy (non-hydrogen) atoms. The van der Waals surface area contributed by atoms with E-state index in [9.17, 15) is 19.8 Å². The van der Waals surface area contributed by atoms with E-state index in [1.54, 1.807) is 6.07 Å². The Labute approximate surface area is 198 Å². The van der Waals surface area contributed by atoms with Crippen molar-refractivity contribution >= 4 is 11.6 Å². The van der Waals surface area contributed by atoms with E-state index in [4.69, 9.17) is 9.47 Å². The Kier molecular flexibility index (Phi) is 4.59. The molecule has 6 heteroatoms. The molecule has 4 aliphatic rings. The quantitative estimate of drug-likeness (QED) is 0.509. The average molecular weight is 463 g/mol. The van der Waals surface area contributed by atoms with E-state index >= 15 is 0 Å². The summed E-state index contributed by atoms with van der Waals surface area (Å²) in [5.41, 5.74) is 2.28. The lowest BCUT2D eigenvalue weighted by molar-refractivity contribution is -0.132. The Hall–Kier alpha value is -2.70. The number of carbonyl (C=O) groups is 2. The maximum Gasteiger partial charge on any atom is 0.198 e. The molecule has 2 aromatic rings. The zero-order valence-corrected chi connectivity index (χ0v) is 19.8. The Bertz CT molecular complexity index is 1240. The Balaban J connectivity index is 1.61. The van der Waals surface area contributed by atoms with Crippen LogP contribution in [-0.2, 0) is 15.9 Å². The zero-order chi connectivity index (χ0) is 24.0. The van der Waals surface area contributed by atoms with E-state index in [1.165, 1.54) is 12.1 Å². The molecule has 1 aliphatic heterocycles. The molecule has 1 heterocycles. The molecule has 0 unspecified atom stereocenters. The van der Waals surface area contributed by atoms with Gasteiger partial charge in [-0.3, -0.25) is 9.59 Å². The standard InChI is InChI=1S/C28H30O6/c1-27(2)9-4-10-28(3)19(27)13-16-14(23(28)26-33-11-12-34-26)5-6-15-20(16)25(32)22-18(30)8-7-17(29)21(22)24(15)31/h5-8,19,23,26,29-30H,4,9-13H2,1-3H3/t19-,23+,28-/m0/s1. The summed E-state index contributed by atoms with van der Waals surface area (Å²) in [4.78, 5) is 27.3. The van der Waals surface area contributed by atoms with Gasteiger partial charge in [0.2, 0.25) is 0 Å². The smallest absolute Gasteiger partial charge is 0.198 e. The molecule has 1 saturated heterocycles. The van der Waals surface area contributed by atoms with E-state index < -0.39 is 17.9 Å². The minimum absolute atomic E-state index is 0.0459. The van der Waals surface area contributed by atoms with Crippen molar-refractivity contribution in [2.75, 3.05) is 13.2 Å². The van der Waals surface area contributed by atoms with Crippen LogP contribution in [0.2, 0.25) is 0 Å². The van der Waals surface area contributed by atoms with Gasteiger partial charge in [0.25, 0.3) is 0 Å². The van der Waals surface area contributed by atoms with Gasteiger partial charge in [0.05, 0.1) is 24.3 Å². The van der Waals surface area contributed by atoms with Crippen LogP contribution >= 0.6 is 0 Å². The predicted octanol–water partition coefficient (Wildman–Crippen LogP) is 4.72. The van der Waals surface area contributed by atoms with Crippen LogP contribution in [0.1, 0.15) is 88.9 Å². The fraction of sp³-hybridized carbons (Fsp3) is 0.500. The number of aromatic hydroxyl groups is 2. The minimum Gasteiger partial charge on any atom is -0.507 e. The normalized spacial score (nSPS) is 29.9. The second-order valence-electron chi connectivity index (χ2n) is 11.3. The number of ether oxygens (including phenoxy) is 2. The monoisotopic (exact) mass is 462 g/mol. The molecular weight excluding hydrogens is 432 g/mol. The molecule has 2 aromatic carbocycles. The molecule has 0 bridgehead atoms. The summed E-state index contributed by atoms with van der Waals surface area (Å²) < 4.78 is 12.1. The van der Waals surface area contributed by atoms with E-state index in [-0.39, 0.29) is 45.3 Å². The van der Waals surface area contributed by atoms with Crippen molar-refractivity contribution in [2.45, 2.75) is 58.7 Å². The summed E-state index contributed by atoms with van der Waals surface area (Å²) in [7, 11) is 0. The van der Waals surface area contributed by atoms with Crippen molar-refractivity contribution in [1.29, 1.82) is 0 Å². The highest BCUT2D eigenvalue weighted by atomic mass is 16.7. The summed E-state index contributed by atoms with van der Waals surface area (Å²) >= 11 is 0. The maximum atomic E-state index is 13.8. The van der Waals surface area contributed by atoms with Crippen LogP contribution in [0.3, 0.4) is 0 Å². The van der Waals surface area contributed by atoms with Gasteiger partial charge in [-0.25, -0.2) is 0 Å². The fourth-order valence-electron chi connectivity index (χ4n) is 7.56. The third-order valence-corrected chi connectivity index (χ3v) is 9.09. The van der Waals surface area contributed by atoms with Gasteiger partial charge in [-0.2, -0.15) is 0 Å². The van der Waals surface area contributed by atoms with Gasteiger partial charge in [-0.15, -0.1) is 0 Å². The van der Waals surface area contributed by atoms with Crippen molar-refractivity contribution in [3.05, 3.63) is 57.6 Å². The first-order chi connectivity index (χ1) is 16.1. The molecule has 178 valence electrons. The maximum absolute atomic E-state index is 13.8. The molecule has 1 saturated carbocycles. The van der Waals surface area contributed by atoms with Crippen LogP contribution < -0.4 is 0 Å². The van der Waals surface area contributed by atoms with Gasteiger partial charge < -0.3 is 19.7 Å². The molecule has 0 amide bonds. The third kappa shape index (κ3) is 2.75. The second-order valence-corrected chi connectivity index (χ2v) is 11.3. The number of ketones is 2. The SMILES string of the molecule is CC1(C)CCC[C@]2(C)[C@@H](C3OCCO3)c3ccc4c(c3C[C@@H]12)C(=O)c1c(O)ccc(O)c1C4=O. The Morgan fingerprint density at radius 3 is 2.18 bits per heavy atom. The average Bonchev–Trinajstić information content (AvgIpc) is 3.31. The number of benzene rings is 2. The molecule has 6 rings (SSSR count). The number of hydrogen-bond acceptors (Lipinski definition) is 6. The molecular formula is C28H30O6. The van der Waals surface area contributed by atoms with Crippen LogP contribution in [0.4, 0.5) is 0 Å². The lowest BCUT2D eigenvalue weighted by Gasteiger charge is -2.58. The second kappa shape index (κ2) is 7.15. The number of rotatable bonds is 1. The van der Waals surface area contributed by atoms with Crippen LogP contribution in [0.15, 0.2) is 24.3 Å². The van der Waals surface area contributed by atoms with Crippen LogP contribution in [0.5, 0.6) is 11.5 Å². The fourth-order valence-corrected chi connectivity index (χ4v) is 7.56. The van der Waals surface area contributed by atoms with Gasteiger partial charge >= 0.3 is 0 Å². The van der Waals surface area contributed by atoms with Gasteiger partial charge in [0.1, 0.15) is 11.5 Å². The first kappa shape index (κ1) is 21.8. The van der Waals surface area contributed by atoms with Crippen LogP contribution in [0, 0.1) is 16.7 Å². The molecule has 0 aromatic heterocycles. The lowest BCUT2D eigenvalue weighted by atomic mass is 9.47. The summed E-state index contributed by atoms with van der Waals surface area (Å²) in [5.74, 6) is -1.20. The van der Waals surface area contributed by atoms with Crippen molar-refractivity contribution in [1.82, 2.24) is 0 Å². The first-order valence-electron chi connectivity index (χ1n) is 12.2. The molecule has 0 radical (unpaired) electrons. The van der Waals surface area contributed by atoms with Gasteiger partial charge in [-0.1, -0.05) is 33.3 Å². The van der Waals surface area contributed by atoms with Crippen molar-refractivity contribution < 1.29 is 29.3 Å². The van der Waals surface area contributed by atoms with Crippen molar-refractivity contribution in [3.8, 4) is 11.5 Å². The topological polar surface area (TPSA) is 93.1 Å². The summed E-state index contributed by atoms with van der Waals surface area (Å²) in [5, 5.41) is 20.9. The van der Waals surface area contributed by atoms with E-state index in [2.05, 4.69) is 20.8 Å². The summed E-state index contributed by atoms with van der Waals surface area (Å²) in [6.45, 7) is 8.03. The van der Waals surface area contributed by atoms with E-state index in [0.717, 1.165) is 30.4 Å². The Morgan fingerprint density at radius 2 is 1.50 bits per heavy atom.